The zero-order valence-corrected chi connectivity index (χ0v) is 14.3. The summed E-state index contributed by atoms with van der Waals surface area (Å²) in [6.45, 7) is 2.29. The van der Waals surface area contributed by atoms with Crippen molar-refractivity contribution in [3.05, 3.63) is 0 Å². The Labute approximate surface area is 131 Å². The van der Waals surface area contributed by atoms with Crippen LogP contribution in [0.15, 0.2) is 0 Å². The van der Waals surface area contributed by atoms with E-state index in [1.165, 1.54) is 12.7 Å². The molecular formula is C12H26O7S2. The van der Waals surface area contributed by atoms with E-state index in [-0.39, 0.29) is 6.10 Å². The van der Waals surface area contributed by atoms with Gasteiger partial charge in [-0.25, -0.2) is 14.4 Å². The minimum Gasteiger partial charge on any atom is -0.287 e. The molecule has 0 aliphatic heterocycles. The lowest BCUT2D eigenvalue weighted by Gasteiger charge is -2.11. The summed E-state index contributed by atoms with van der Waals surface area (Å²) in [6, 6.07) is 0. The molecule has 0 aromatic heterocycles. The normalized spacial score (nSPS) is 15.8. The summed E-state index contributed by atoms with van der Waals surface area (Å²) in [5.41, 5.74) is 0. The van der Waals surface area contributed by atoms with Gasteiger partial charge in [-0.2, -0.15) is 0 Å². The van der Waals surface area contributed by atoms with E-state index in [0.717, 1.165) is 44.9 Å². The Hall–Kier alpha value is 0.130. The Morgan fingerprint density at radius 2 is 1.62 bits per heavy atom. The minimum absolute atomic E-state index is 0.0396. The maximum absolute atomic E-state index is 11.3. The maximum atomic E-state index is 11.3. The Bertz CT molecular complexity index is 322. The molecule has 0 spiro atoms. The summed E-state index contributed by atoms with van der Waals surface area (Å²) in [6.07, 6.45) is 9.83. The van der Waals surface area contributed by atoms with Gasteiger partial charge in [0.2, 0.25) is 0 Å². The van der Waals surface area contributed by atoms with Gasteiger partial charge >= 0.3 is 0 Å². The molecule has 1 N–H and O–H groups in total. The lowest BCUT2D eigenvalue weighted by atomic mass is 10.1. The first kappa shape index (κ1) is 21.1. The minimum atomic E-state index is -2.51. The maximum Gasteiger partial charge on any atom is 0.141 e. The highest BCUT2D eigenvalue weighted by Crippen LogP contribution is 2.12. The molecule has 21 heavy (non-hydrogen) atoms. The summed E-state index contributed by atoms with van der Waals surface area (Å²) in [5, 5.41) is 18.6. The quantitative estimate of drug-likeness (QED) is 0.275. The molecule has 0 rings (SSSR count). The summed E-state index contributed by atoms with van der Waals surface area (Å²) < 4.78 is 16.5. The van der Waals surface area contributed by atoms with E-state index in [4.69, 9.17) is 20.6 Å². The fourth-order valence-corrected chi connectivity index (χ4v) is 2.98. The van der Waals surface area contributed by atoms with E-state index in [9.17, 15) is 4.21 Å². The van der Waals surface area contributed by atoms with E-state index in [0.29, 0.717) is 6.61 Å². The predicted octanol–water partition coefficient (Wildman–Crippen LogP) is 3.09. The van der Waals surface area contributed by atoms with Gasteiger partial charge in [-0.05, 0) is 34.9 Å². The third-order valence-corrected chi connectivity index (χ3v) is 3.70. The summed E-state index contributed by atoms with van der Waals surface area (Å²) in [4.78, 5) is 4.53. The summed E-state index contributed by atoms with van der Waals surface area (Å²) in [7, 11) is -2.51. The first-order valence-electron chi connectivity index (χ1n) is 7.10. The highest BCUT2D eigenvalue weighted by molar-refractivity contribution is 8.29. The van der Waals surface area contributed by atoms with Gasteiger partial charge in [0.05, 0.1) is 12.7 Å². The van der Waals surface area contributed by atoms with Gasteiger partial charge in [0, 0.05) is 17.4 Å². The smallest absolute Gasteiger partial charge is 0.141 e. The van der Waals surface area contributed by atoms with Gasteiger partial charge in [0.25, 0.3) is 0 Å². The lowest BCUT2D eigenvalue weighted by Crippen LogP contribution is -2.12. The van der Waals surface area contributed by atoms with Crippen LogP contribution >= 0.6 is 0 Å². The van der Waals surface area contributed by atoms with Gasteiger partial charge in [0.1, 0.15) is 8.77 Å². The largest absolute Gasteiger partial charge is 0.287 e. The molecule has 2 atom stereocenters. The SMILES string of the molecule is CC(CCCCCCCCCOOOOO)OS(C)(=O)=S. The van der Waals surface area contributed by atoms with Crippen LogP contribution < -0.4 is 0 Å². The van der Waals surface area contributed by atoms with Crippen LogP contribution in [-0.4, -0.2) is 28.4 Å². The summed E-state index contributed by atoms with van der Waals surface area (Å²) >= 11 is 4.71. The van der Waals surface area contributed by atoms with Crippen molar-refractivity contribution in [2.45, 2.75) is 64.4 Å². The molecule has 0 heterocycles. The van der Waals surface area contributed by atoms with Crippen molar-refractivity contribution >= 4 is 20.0 Å². The molecule has 0 amide bonds. The second-order valence-electron chi connectivity index (χ2n) is 4.91. The predicted molar refractivity (Wildman–Crippen MR) is 80.8 cm³/mol. The van der Waals surface area contributed by atoms with E-state index in [2.05, 4.69) is 20.0 Å². The molecule has 0 saturated carbocycles. The van der Waals surface area contributed by atoms with Crippen LogP contribution in [0.4, 0.5) is 0 Å². The Kier molecular flexibility index (Phi) is 13.9. The molecule has 2 unspecified atom stereocenters. The highest BCUT2D eigenvalue weighted by atomic mass is 32.8. The number of hydrogen-bond donors (Lipinski definition) is 1. The van der Waals surface area contributed by atoms with Crippen LogP contribution in [0.1, 0.15) is 58.3 Å². The van der Waals surface area contributed by atoms with Crippen molar-refractivity contribution in [2.24, 2.45) is 0 Å². The van der Waals surface area contributed by atoms with E-state index >= 15 is 0 Å². The zero-order valence-electron chi connectivity index (χ0n) is 12.7. The Morgan fingerprint density at radius 3 is 2.19 bits per heavy atom. The fraction of sp³-hybridized carbons (Fsp3) is 1.00. The molecule has 0 aromatic carbocycles. The van der Waals surface area contributed by atoms with Crippen LogP contribution in [-0.2, 0) is 44.1 Å². The zero-order chi connectivity index (χ0) is 16.0. The first-order chi connectivity index (χ1) is 9.95. The second-order valence-corrected chi connectivity index (χ2v) is 8.32. The van der Waals surface area contributed by atoms with Crippen LogP contribution in [0.3, 0.4) is 0 Å². The third-order valence-electron chi connectivity index (χ3n) is 2.78. The third kappa shape index (κ3) is 18.1. The van der Waals surface area contributed by atoms with Gasteiger partial charge in [0.15, 0.2) is 0 Å². The van der Waals surface area contributed by atoms with Crippen molar-refractivity contribution in [1.82, 2.24) is 0 Å². The summed E-state index contributed by atoms with van der Waals surface area (Å²) in [5.74, 6) is 0. The molecule has 0 fully saturated rings. The van der Waals surface area contributed by atoms with Crippen LogP contribution in [0.5, 0.6) is 0 Å². The standard InChI is InChI=1S/C12H26O7S2/c1-12(16-21(2,14)20)10-8-6-4-3-5-7-9-11-15-18-19-17-13/h12-13H,3-11H2,1-2H3. The fourth-order valence-electron chi connectivity index (χ4n) is 1.89. The molecule has 0 aliphatic rings. The number of rotatable bonds is 15. The van der Waals surface area contributed by atoms with E-state index < -0.39 is 8.77 Å². The lowest BCUT2D eigenvalue weighted by molar-refractivity contribution is -0.702. The van der Waals surface area contributed by atoms with Crippen LogP contribution in [0.25, 0.3) is 0 Å². The van der Waals surface area contributed by atoms with Crippen LogP contribution in [0.2, 0.25) is 0 Å². The molecule has 128 valence electrons. The molecule has 0 saturated heterocycles. The molecule has 9 heteroatoms. The number of unbranched alkanes of at least 4 members (excludes halogenated alkanes) is 6. The Balaban J connectivity index is 3.19. The average Bonchev–Trinajstić information content (AvgIpc) is 2.38. The van der Waals surface area contributed by atoms with Crippen molar-refractivity contribution in [1.29, 1.82) is 0 Å². The molecule has 0 aliphatic carbocycles. The molecule has 0 bridgehead atoms. The molecular weight excluding hydrogens is 320 g/mol. The molecule has 0 radical (unpaired) electrons. The van der Waals surface area contributed by atoms with Gasteiger partial charge in [-0.1, -0.05) is 38.5 Å². The van der Waals surface area contributed by atoms with Gasteiger partial charge in [-0.15, -0.1) is 0 Å². The van der Waals surface area contributed by atoms with Crippen molar-refractivity contribution in [2.75, 3.05) is 12.9 Å². The van der Waals surface area contributed by atoms with Crippen LogP contribution in [0, 0.1) is 0 Å². The monoisotopic (exact) mass is 346 g/mol. The van der Waals surface area contributed by atoms with Crippen molar-refractivity contribution < 1.29 is 33.7 Å². The van der Waals surface area contributed by atoms with Gasteiger partial charge in [-0.3, -0.25) is 4.18 Å². The molecule has 0 aromatic rings. The Morgan fingerprint density at radius 1 is 1.05 bits per heavy atom. The van der Waals surface area contributed by atoms with E-state index in [1.54, 1.807) is 0 Å². The van der Waals surface area contributed by atoms with Crippen molar-refractivity contribution in [3.8, 4) is 0 Å². The topological polar surface area (TPSA) is 83.5 Å². The number of hydrogen-bond acceptors (Lipinski definition) is 8. The first-order valence-corrected chi connectivity index (χ1v) is 9.92. The second kappa shape index (κ2) is 13.8. The average molecular weight is 346 g/mol. The molecule has 7 nitrogen and oxygen atoms in total. The van der Waals surface area contributed by atoms with Crippen molar-refractivity contribution in [3.63, 3.8) is 0 Å². The van der Waals surface area contributed by atoms with Gasteiger partial charge < -0.3 is 0 Å². The van der Waals surface area contributed by atoms with E-state index in [1.807, 2.05) is 6.92 Å². The highest BCUT2D eigenvalue weighted by Gasteiger charge is 2.06.